The summed E-state index contributed by atoms with van der Waals surface area (Å²) in [6, 6.07) is 4.83. The minimum atomic E-state index is -0.136. The highest BCUT2D eigenvalue weighted by Gasteiger charge is 2.04. The second kappa shape index (κ2) is 2.65. The van der Waals surface area contributed by atoms with E-state index in [0.29, 0.717) is 6.54 Å². The zero-order valence-corrected chi connectivity index (χ0v) is 7.24. The molecule has 0 aliphatic rings. The zero-order valence-electron chi connectivity index (χ0n) is 7.24. The van der Waals surface area contributed by atoms with Crippen LogP contribution in [0.4, 0.5) is 0 Å². The quantitative estimate of drug-likeness (QED) is 0.685. The van der Waals surface area contributed by atoms with Gasteiger partial charge in [0.05, 0.1) is 11.0 Å². The van der Waals surface area contributed by atoms with Crippen LogP contribution in [0.25, 0.3) is 11.0 Å². The highest BCUT2D eigenvalue weighted by molar-refractivity contribution is 5.76. The molecule has 1 heterocycles. The van der Waals surface area contributed by atoms with Gasteiger partial charge >= 0.3 is 5.69 Å². The fourth-order valence-corrected chi connectivity index (χ4v) is 1.46. The van der Waals surface area contributed by atoms with Crippen molar-refractivity contribution in [1.82, 2.24) is 9.55 Å². The number of aryl methyl sites for hydroxylation is 1. The normalized spacial score (nSPS) is 10.8. The monoisotopic (exact) mass is 178 g/mol. The van der Waals surface area contributed by atoms with E-state index in [1.54, 1.807) is 22.8 Å². The Morgan fingerprint density at radius 2 is 2.31 bits per heavy atom. The minimum absolute atomic E-state index is 0.136. The second-order valence-corrected chi connectivity index (χ2v) is 2.88. The van der Waals surface area contributed by atoms with Crippen molar-refractivity contribution in [3.63, 3.8) is 0 Å². The predicted molar refractivity (Wildman–Crippen MR) is 49.9 cm³/mol. The van der Waals surface area contributed by atoms with E-state index in [1.807, 2.05) is 6.92 Å². The second-order valence-electron chi connectivity index (χ2n) is 2.88. The van der Waals surface area contributed by atoms with Crippen LogP contribution in [-0.4, -0.2) is 14.7 Å². The molecular formula is C9H10N2O2. The molecular weight excluding hydrogens is 168 g/mol. The number of benzene rings is 1. The molecule has 0 amide bonds. The van der Waals surface area contributed by atoms with E-state index < -0.39 is 0 Å². The number of phenolic OH excluding ortho intramolecular Hbond substituents is 1. The molecule has 0 aliphatic heterocycles. The third-order valence-corrected chi connectivity index (χ3v) is 2.08. The summed E-state index contributed by atoms with van der Waals surface area (Å²) in [5.41, 5.74) is 1.36. The number of hydrogen-bond acceptors (Lipinski definition) is 2. The van der Waals surface area contributed by atoms with Gasteiger partial charge in [0.15, 0.2) is 0 Å². The lowest BCUT2D eigenvalue weighted by molar-refractivity contribution is 0.476. The van der Waals surface area contributed by atoms with Gasteiger partial charge in [0.1, 0.15) is 5.75 Å². The minimum Gasteiger partial charge on any atom is -0.508 e. The third-order valence-electron chi connectivity index (χ3n) is 2.08. The summed E-state index contributed by atoms with van der Waals surface area (Å²) < 4.78 is 1.58. The summed E-state index contributed by atoms with van der Waals surface area (Å²) in [6.07, 6.45) is 0. The van der Waals surface area contributed by atoms with E-state index in [-0.39, 0.29) is 11.4 Å². The van der Waals surface area contributed by atoms with E-state index in [1.165, 1.54) is 0 Å². The number of aromatic amines is 1. The van der Waals surface area contributed by atoms with Gasteiger partial charge < -0.3 is 10.1 Å². The highest BCUT2D eigenvalue weighted by Crippen LogP contribution is 2.16. The Balaban J connectivity index is 2.89. The van der Waals surface area contributed by atoms with Gasteiger partial charge in [-0.3, -0.25) is 4.57 Å². The fourth-order valence-electron chi connectivity index (χ4n) is 1.46. The third kappa shape index (κ3) is 1.11. The summed E-state index contributed by atoms with van der Waals surface area (Å²) in [4.78, 5) is 14.0. The number of rotatable bonds is 1. The van der Waals surface area contributed by atoms with Crippen LogP contribution < -0.4 is 5.69 Å². The molecule has 4 nitrogen and oxygen atoms in total. The van der Waals surface area contributed by atoms with Gasteiger partial charge in [0.2, 0.25) is 0 Å². The van der Waals surface area contributed by atoms with Crippen molar-refractivity contribution in [1.29, 1.82) is 0 Å². The molecule has 13 heavy (non-hydrogen) atoms. The van der Waals surface area contributed by atoms with Crippen molar-refractivity contribution in [3.8, 4) is 5.75 Å². The fraction of sp³-hybridized carbons (Fsp3) is 0.222. The van der Waals surface area contributed by atoms with Crippen LogP contribution in [0.1, 0.15) is 6.92 Å². The van der Waals surface area contributed by atoms with E-state index >= 15 is 0 Å². The average Bonchev–Trinajstić information content (AvgIpc) is 2.40. The zero-order chi connectivity index (χ0) is 9.42. The van der Waals surface area contributed by atoms with Crippen LogP contribution in [0.3, 0.4) is 0 Å². The van der Waals surface area contributed by atoms with Gasteiger partial charge in [0, 0.05) is 12.6 Å². The van der Waals surface area contributed by atoms with Gasteiger partial charge in [-0.15, -0.1) is 0 Å². The van der Waals surface area contributed by atoms with E-state index in [9.17, 15) is 9.90 Å². The molecule has 0 bridgehead atoms. The molecule has 1 aromatic heterocycles. The van der Waals surface area contributed by atoms with E-state index in [0.717, 1.165) is 11.0 Å². The van der Waals surface area contributed by atoms with Gasteiger partial charge in [-0.2, -0.15) is 0 Å². The number of fused-ring (bicyclic) bond motifs is 1. The lowest BCUT2D eigenvalue weighted by Crippen LogP contribution is -2.14. The van der Waals surface area contributed by atoms with Crippen LogP contribution in [0.15, 0.2) is 23.0 Å². The first-order chi connectivity index (χ1) is 6.22. The number of phenols is 1. The summed E-state index contributed by atoms with van der Waals surface area (Å²) in [6.45, 7) is 2.49. The Hall–Kier alpha value is -1.71. The lowest BCUT2D eigenvalue weighted by Gasteiger charge is -1.97. The first kappa shape index (κ1) is 7.91. The van der Waals surface area contributed by atoms with Crippen molar-refractivity contribution >= 4 is 11.0 Å². The van der Waals surface area contributed by atoms with Crippen molar-refractivity contribution in [2.24, 2.45) is 0 Å². The van der Waals surface area contributed by atoms with Crippen LogP contribution in [0, 0.1) is 0 Å². The molecule has 2 rings (SSSR count). The molecule has 0 unspecified atom stereocenters. The van der Waals surface area contributed by atoms with Crippen molar-refractivity contribution in [2.75, 3.05) is 0 Å². The molecule has 0 radical (unpaired) electrons. The van der Waals surface area contributed by atoms with Crippen LogP contribution in [0.2, 0.25) is 0 Å². The molecule has 2 N–H and O–H groups in total. The number of nitrogens with one attached hydrogen (secondary N) is 1. The van der Waals surface area contributed by atoms with E-state index in [4.69, 9.17) is 0 Å². The molecule has 4 heteroatoms. The van der Waals surface area contributed by atoms with Crippen LogP contribution in [0.5, 0.6) is 5.75 Å². The number of imidazole rings is 1. The maximum Gasteiger partial charge on any atom is 0.326 e. The standard InChI is InChI=1S/C9H10N2O2/c1-2-11-8-5-6(12)3-4-7(8)10-9(11)13/h3-5,12H,2H2,1H3,(H,10,13). The van der Waals surface area contributed by atoms with Gasteiger partial charge in [-0.05, 0) is 19.1 Å². The first-order valence-corrected chi connectivity index (χ1v) is 4.14. The number of nitrogens with zero attached hydrogens (tertiary/aromatic N) is 1. The maximum atomic E-state index is 11.3. The Kier molecular flexibility index (Phi) is 1.62. The Morgan fingerprint density at radius 3 is 3.00 bits per heavy atom. The Morgan fingerprint density at radius 1 is 1.54 bits per heavy atom. The summed E-state index contributed by atoms with van der Waals surface area (Å²) in [5.74, 6) is 0.175. The molecule has 0 atom stereocenters. The van der Waals surface area contributed by atoms with Crippen LogP contribution >= 0.6 is 0 Å². The smallest absolute Gasteiger partial charge is 0.326 e. The van der Waals surface area contributed by atoms with E-state index in [2.05, 4.69) is 4.98 Å². The molecule has 0 fully saturated rings. The van der Waals surface area contributed by atoms with Crippen molar-refractivity contribution in [3.05, 3.63) is 28.7 Å². The average molecular weight is 178 g/mol. The lowest BCUT2D eigenvalue weighted by atomic mass is 10.3. The summed E-state index contributed by atoms with van der Waals surface area (Å²) >= 11 is 0. The first-order valence-electron chi connectivity index (χ1n) is 4.14. The summed E-state index contributed by atoms with van der Waals surface area (Å²) in [5, 5.41) is 9.23. The topological polar surface area (TPSA) is 58.0 Å². The molecule has 2 aromatic rings. The maximum absolute atomic E-state index is 11.3. The molecule has 0 aliphatic carbocycles. The van der Waals surface area contributed by atoms with Gasteiger partial charge in [0.25, 0.3) is 0 Å². The van der Waals surface area contributed by atoms with Gasteiger partial charge in [-0.1, -0.05) is 0 Å². The molecule has 0 saturated carbocycles. The SMILES string of the molecule is CCn1c(=O)[nH]c2ccc(O)cc21. The Bertz CT molecular complexity index is 496. The number of H-pyrrole nitrogens is 1. The molecule has 0 spiro atoms. The highest BCUT2D eigenvalue weighted by atomic mass is 16.3. The largest absolute Gasteiger partial charge is 0.508 e. The molecule has 68 valence electrons. The van der Waals surface area contributed by atoms with Crippen molar-refractivity contribution in [2.45, 2.75) is 13.5 Å². The number of aromatic nitrogens is 2. The van der Waals surface area contributed by atoms with Gasteiger partial charge in [-0.25, -0.2) is 4.79 Å². The molecule has 1 aromatic carbocycles. The summed E-state index contributed by atoms with van der Waals surface area (Å²) in [7, 11) is 0. The van der Waals surface area contributed by atoms with Crippen LogP contribution in [-0.2, 0) is 6.54 Å². The number of aromatic hydroxyl groups is 1. The Labute approximate surface area is 74.4 Å². The molecule has 0 saturated heterocycles. The number of hydrogen-bond donors (Lipinski definition) is 2. The van der Waals surface area contributed by atoms with Crippen molar-refractivity contribution < 1.29 is 5.11 Å². The predicted octanol–water partition coefficient (Wildman–Crippen LogP) is 1.06.